The zero-order valence-electron chi connectivity index (χ0n) is 12.1. The predicted molar refractivity (Wildman–Crippen MR) is 73.3 cm³/mol. The van der Waals surface area contributed by atoms with Crippen molar-refractivity contribution in [2.24, 2.45) is 0 Å². The van der Waals surface area contributed by atoms with Gasteiger partial charge in [0.1, 0.15) is 0 Å². The fourth-order valence-corrected chi connectivity index (χ4v) is 2.18. The summed E-state index contributed by atoms with van der Waals surface area (Å²) in [6, 6.07) is 0.660. The van der Waals surface area contributed by atoms with E-state index >= 15 is 0 Å². The summed E-state index contributed by atoms with van der Waals surface area (Å²) in [5.74, 6) is 0.641. The Balaban J connectivity index is 1.88. The zero-order valence-corrected chi connectivity index (χ0v) is 12.1. The predicted octanol–water partition coefficient (Wildman–Crippen LogP) is 1.75. The number of anilines is 1. The van der Waals surface area contributed by atoms with Crippen LogP contribution in [0.3, 0.4) is 0 Å². The maximum atomic E-state index is 5.70. The molecule has 6 heteroatoms. The first-order valence-electron chi connectivity index (χ1n) is 7.10. The van der Waals surface area contributed by atoms with Gasteiger partial charge in [0.25, 0.3) is 0 Å². The van der Waals surface area contributed by atoms with Crippen LogP contribution < -0.4 is 10.2 Å². The largest absolute Gasteiger partial charge is 0.406 e. The minimum Gasteiger partial charge on any atom is -0.406 e. The van der Waals surface area contributed by atoms with Crippen molar-refractivity contribution in [1.82, 2.24) is 15.5 Å². The van der Waals surface area contributed by atoms with Crippen LogP contribution in [0.5, 0.6) is 0 Å². The van der Waals surface area contributed by atoms with Gasteiger partial charge in [-0.05, 0) is 32.7 Å². The fourth-order valence-electron chi connectivity index (χ4n) is 2.18. The van der Waals surface area contributed by atoms with Gasteiger partial charge in [0, 0.05) is 20.2 Å². The molecule has 1 aliphatic rings. The Morgan fingerprint density at radius 1 is 1.47 bits per heavy atom. The Kier molecular flexibility index (Phi) is 5.15. The molecule has 2 heterocycles. The van der Waals surface area contributed by atoms with E-state index in [0.717, 1.165) is 39.0 Å². The molecule has 0 bridgehead atoms. The number of nitrogens with zero attached hydrogens (tertiary/aromatic N) is 3. The molecule has 6 nitrogen and oxygen atoms in total. The van der Waals surface area contributed by atoms with Gasteiger partial charge in [0.15, 0.2) is 0 Å². The van der Waals surface area contributed by atoms with Crippen LogP contribution in [-0.4, -0.2) is 43.0 Å². The van der Waals surface area contributed by atoms with Crippen molar-refractivity contribution < 1.29 is 9.15 Å². The third-order valence-electron chi connectivity index (χ3n) is 3.33. The average molecular weight is 268 g/mol. The molecule has 108 valence electrons. The average Bonchev–Trinajstić information content (AvgIpc) is 3.06. The Morgan fingerprint density at radius 2 is 2.32 bits per heavy atom. The van der Waals surface area contributed by atoms with E-state index in [1.54, 1.807) is 0 Å². The Bertz CT molecular complexity index is 376. The fraction of sp³-hybridized carbons (Fsp3) is 0.846. The van der Waals surface area contributed by atoms with Crippen LogP contribution in [0.2, 0.25) is 0 Å². The quantitative estimate of drug-likeness (QED) is 0.812. The number of rotatable bonds is 7. The van der Waals surface area contributed by atoms with Crippen molar-refractivity contribution in [3.63, 3.8) is 0 Å². The molecule has 0 spiro atoms. The minimum absolute atomic E-state index is 0.0948. The molecule has 2 rings (SSSR count). The summed E-state index contributed by atoms with van der Waals surface area (Å²) >= 11 is 0. The third kappa shape index (κ3) is 3.91. The number of likely N-dealkylation sites (N-methyl/N-ethyl adjacent to an activating group) is 1. The first-order valence-corrected chi connectivity index (χ1v) is 7.10. The lowest BCUT2D eigenvalue weighted by atomic mass is 10.2. The number of aromatic nitrogens is 2. The minimum atomic E-state index is 0.0948. The first-order chi connectivity index (χ1) is 9.20. The third-order valence-corrected chi connectivity index (χ3v) is 3.33. The molecule has 1 aromatic rings. The summed E-state index contributed by atoms with van der Waals surface area (Å²) < 4.78 is 11.3. The van der Waals surface area contributed by atoms with E-state index in [1.165, 1.54) is 0 Å². The summed E-state index contributed by atoms with van der Waals surface area (Å²) in [5.41, 5.74) is 0. The molecule has 0 amide bonds. The van der Waals surface area contributed by atoms with Crippen LogP contribution >= 0.6 is 0 Å². The summed E-state index contributed by atoms with van der Waals surface area (Å²) in [5, 5.41) is 11.5. The van der Waals surface area contributed by atoms with Gasteiger partial charge >= 0.3 is 6.01 Å². The topological polar surface area (TPSA) is 63.4 Å². The van der Waals surface area contributed by atoms with Gasteiger partial charge in [-0.2, -0.15) is 0 Å². The van der Waals surface area contributed by atoms with E-state index in [1.807, 2.05) is 18.9 Å². The molecule has 1 aliphatic heterocycles. The molecular formula is C13H24N4O2. The summed E-state index contributed by atoms with van der Waals surface area (Å²) in [7, 11) is 1.96. The number of hydrogen-bond acceptors (Lipinski definition) is 6. The molecule has 2 atom stereocenters. The Labute approximate surface area is 114 Å². The van der Waals surface area contributed by atoms with Crippen LogP contribution in [-0.2, 0) is 4.74 Å². The molecule has 0 aromatic carbocycles. The highest BCUT2D eigenvalue weighted by molar-refractivity contribution is 5.22. The highest BCUT2D eigenvalue weighted by Gasteiger charge is 2.21. The lowest BCUT2D eigenvalue weighted by Crippen LogP contribution is -2.28. The van der Waals surface area contributed by atoms with Crippen molar-refractivity contribution in [3.05, 3.63) is 5.89 Å². The van der Waals surface area contributed by atoms with Gasteiger partial charge < -0.3 is 19.4 Å². The van der Waals surface area contributed by atoms with Crippen LogP contribution in [0.1, 0.15) is 45.0 Å². The van der Waals surface area contributed by atoms with Crippen LogP contribution in [0.25, 0.3) is 0 Å². The lowest BCUT2D eigenvalue weighted by Gasteiger charge is -2.18. The second-order valence-electron chi connectivity index (χ2n) is 5.11. The van der Waals surface area contributed by atoms with Crippen molar-refractivity contribution in [2.45, 2.75) is 45.3 Å². The maximum absolute atomic E-state index is 5.70. The first kappa shape index (κ1) is 14.3. The SMILES string of the molecule is CCCNC(C)c1nnc(N(C)CC2CCCO2)o1. The molecule has 19 heavy (non-hydrogen) atoms. The van der Waals surface area contributed by atoms with E-state index in [-0.39, 0.29) is 12.1 Å². The Morgan fingerprint density at radius 3 is 3.00 bits per heavy atom. The maximum Gasteiger partial charge on any atom is 0.318 e. The molecule has 1 saturated heterocycles. The standard InChI is InChI=1S/C13H24N4O2/c1-4-7-14-10(2)12-15-16-13(19-12)17(3)9-11-6-5-8-18-11/h10-11,14H,4-9H2,1-3H3. The summed E-state index contributed by atoms with van der Waals surface area (Å²) in [4.78, 5) is 1.97. The number of nitrogens with one attached hydrogen (secondary N) is 1. The van der Waals surface area contributed by atoms with Gasteiger partial charge in [-0.3, -0.25) is 0 Å². The summed E-state index contributed by atoms with van der Waals surface area (Å²) in [6.45, 7) is 6.79. The Hall–Kier alpha value is -1.14. The van der Waals surface area contributed by atoms with Crippen LogP contribution in [0.4, 0.5) is 6.01 Å². The van der Waals surface area contributed by atoms with Gasteiger partial charge in [0.2, 0.25) is 5.89 Å². The molecular weight excluding hydrogens is 244 g/mol. The monoisotopic (exact) mass is 268 g/mol. The van der Waals surface area contributed by atoms with E-state index in [9.17, 15) is 0 Å². The van der Waals surface area contributed by atoms with E-state index in [4.69, 9.17) is 9.15 Å². The van der Waals surface area contributed by atoms with Crippen molar-refractivity contribution in [1.29, 1.82) is 0 Å². The normalized spacial score (nSPS) is 20.7. The molecule has 0 aliphatic carbocycles. The molecule has 0 radical (unpaired) electrons. The van der Waals surface area contributed by atoms with Crippen LogP contribution in [0, 0.1) is 0 Å². The van der Waals surface area contributed by atoms with Gasteiger partial charge in [-0.15, -0.1) is 5.10 Å². The van der Waals surface area contributed by atoms with Crippen LogP contribution in [0.15, 0.2) is 4.42 Å². The number of ether oxygens (including phenoxy) is 1. The highest BCUT2D eigenvalue weighted by atomic mass is 16.5. The molecule has 0 saturated carbocycles. The van der Waals surface area contributed by atoms with Gasteiger partial charge in [-0.1, -0.05) is 12.0 Å². The second-order valence-corrected chi connectivity index (χ2v) is 5.11. The molecule has 1 fully saturated rings. The van der Waals surface area contributed by atoms with E-state index < -0.39 is 0 Å². The van der Waals surface area contributed by atoms with Crippen molar-refractivity contribution in [2.75, 3.05) is 31.6 Å². The number of hydrogen-bond donors (Lipinski definition) is 1. The molecule has 1 aromatic heterocycles. The van der Waals surface area contributed by atoms with Gasteiger partial charge in [0.05, 0.1) is 12.1 Å². The molecule has 1 N–H and O–H groups in total. The van der Waals surface area contributed by atoms with E-state index in [2.05, 4.69) is 22.4 Å². The van der Waals surface area contributed by atoms with E-state index in [0.29, 0.717) is 11.9 Å². The lowest BCUT2D eigenvalue weighted by molar-refractivity contribution is 0.115. The zero-order chi connectivity index (χ0) is 13.7. The van der Waals surface area contributed by atoms with Gasteiger partial charge in [-0.25, -0.2) is 0 Å². The highest BCUT2D eigenvalue weighted by Crippen LogP contribution is 2.19. The smallest absolute Gasteiger partial charge is 0.318 e. The van der Waals surface area contributed by atoms with Crippen molar-refractivity contribution in [3.8, 4) is 0 Å². The second kappa shape index (κ2) is 6.86. The van der Waals surface area contributed by atoms with Crippen molar-refractivity contribution >= 4 is 6.01 Å². The molecule has 2 unspecified atom stereocenters. The summed E-state index contributed by atoms with van der Waals surface area (Å²) in [6.07, 6.45) is 3.63.